The molecular formula is C17H42N8. The van der Waals surface area contributed by atoms with E-state index in [9.17, 15) is 0 Å². The van der Waals surface area contributed by atoms with Crippen molar-refractivity contribution in [1.29, 1.82) is 0 Å². The predicted molar refractivity (Wildman–Crippen MR) is 115 cm³/mol. The Balaban J connectivity index is -0.000000586. The maximum atomic E-state index is 5.34. The van der Waals surface area contributed by atoms with Crippen LogP contribution in [0.3, 0.4) is 0 Å². The molecule has 0 saturated heterocycles. The molecule has 0 unspecified atom stereocenters. The fourth-order valence-corrected chi connectivity index (χ4v) is 1.11. The molecule has 0 fully saturated rings. The minimum Gasteiger partial charge on any atom is -0.331 e. The maximum absolute atomic E-state index is 5.34. The molecule has 7 N–H and O–H groups in total. The van der Waals surface area contributed by atoms with Gasteiger partial charge < -0.3 is 27.4 Å². The molecule has 0 heterocycles. The van der Waals surface area contributed by atoms with E-state index in [-0.39, 0.29) is 0 Å². The molecule has 0 bridgehead atoms. The van der Waals surface area contributed by atoms with Gasteiger partial charge in [0.2, 0.25) is 0 Å². The Morgan fingerprint density at radius 1 is 0.840 bits per heavy atom. The Morgan fingerprint density at radius 2 is 1.40 bits per heavy atom. The summed E-state index contributed by atoms with van der Waals surface area (Å²) in [6, 6.07) is 0. The predicted octanol–water partition coefficient (Wildman–Crippen LogP) is -0.453. The molecule has 0 aliphatic carbocycles. The van der Waals surface area contributed by atoms with Gasteiger partial charge in [-0.25, -0.2) is 0 Å². The van der Waals surface area contributed by atoms with Crippen LogP contribution in [0.4, 0.5) is 0 Å². The summed E-state index contributed by atoms with van der Waals surface area (Å²) in [7, 11) is 1.93. The zero-order valence-electron chi connectivity index (χ0n) is 16.8. The van der Waals surface area contributed by atoms with Gasteiger partial charge in [-0.15, -0.1) is 0 Å². The Bertz CT molecular complexity index is 278. The van der Waals surface area contributed by atoms with E-state index >= 15 is 0 Å². The van der Waals surface area contributed by atoms with E-state index < -0.39 is 0 Å². The van der Waals surface area contributed by atoms with E-state index in [4.69, 9.17) is 11.5 Å². The average Bonchev–Trinajstić information content (AvgIpc) is 2.63. The minimum atomic E-state index is 0.666. The molecule has 0 aliphatic rings. The lowest BCUT2D eigenvalue weighted by Crippen LogP contribution is -2.24. The van der Waals surface area contributed by atoms with Crippen LogP contribution in [0.2, 0.25) is 0 Å². The normalized spacial score (nSPS) is 10.8. The van der Waals surface area contributed by atoms with Crippen molar-refractivity contribution in [2.75, 3.05) is 72.5 Å². The van der Waals surface area contributed by atoms with Gasteiger partial charge in [0.15, 0.2) is 0 Å². The molecule has 0 spiro atoms. The summed E-state index contributed by atoms with van der Waals surface area (Å²) >= 11 is 0. The lowest BCUT2D eigenvalue weighted by atomic mass is 10.5. The second kappa shape index (κ2) is 34.2. The summed E-state index contributed by atoms with van der Waals surface area (Å²) in [6.07, 6.45) is 5.36. The first kappa shape index (κ1) is 28.6. The van der Waals surface area contributed by atoms with Crippen molar-refractivity contribution in [2.45, 2.75) is 20.8 Å². The number of nitrogens with zero attached hydrogens (tertiary/aromatic N) is 3. The van der Waals surface area contributed by atoms with Gasteiger partial charge >= 0.3 is 0 Å². The van der Waals surface area contributed by atoms with Gasteiger partial charge in [0.25, 0.3) is 0 Å². The van der Waals surface area contributed by atoms with Gasteiger partial charge in [-0.2, -0.15) is 0 Å². The summed E-state index contributed by atoms with van der Waals surface area (Å²) in [5.74, 6) is 0. The smallest absolute Gasteiger partial charge is 0.0514 e. The number of nitrogens with one attached hydrogen (secondary N) is 3. The molecule has 0 atom stereocenters. The van der Waals surface area contributed by atoms with Crippen molar-refractivity contribution in [2.24, 2.45) is 26.4 Å². The van der Waals surface area contributed by atoms with Crippen molar-refractivity contribution in [3.05, 3.63) is 0 Å². The fraction of sp³-hybridized carbons (Fsp3) is 0.824. The summed E-state index contributed by atoms with van der Waals surface area (Å²) in [6.45, 7) is 14.2. The molecule has 0 saturated carbocycles. The number of aliphatic imine (C=N–C) groups is 3. The number of rotatable bonds is 13. The number of hydrogen-bond acceptors (Lipinski definition) is 8. The zero-order valence-corrected chi connectivity index (χ0v) is 16.8. The second-order valence-corrected chi connectivity index (χ2v) is 4.65. The number of nitrogens with two attached hydrogens (primary N) is 2. The third-order valence-corrected chi connectivity index (χ3v) is 2.33. The van der Waals surface area contributed by atoms with Crippen molar-refractivity contribution in [1.82, 2.24) is 16.0 Å². The highest BCUT2D eigenvalue weighted by Gasteiger charge is 1.84. The molecule has 0 aromatic carbocycles. The quantitative estimate of drug-likeness (QED) is 0.225. The van der Waals surface area contributed by atoms with Crippen LogP contribution in [-0.2, 0) is 0 Å². The van der Waals surface area contributed by atoms with Gasteiger partial charge in [-0.05, 0) is 27.1 Å². The van der Waals surface area contributed by atoms with E-state index in [0.717, 1.165) is 58.9 Å². The Hall–Kier alpha value is -1.19. The molecule has 8 heteroatoms. The first-order valence-corrected chi connectivity index (χ1v) is 9.17. The molecular weight excluding hydrogens is 316 g/mol. The molecule has 0 aromatic rings. The van der Waals surface area contributed by atoms with Crippen LogP contribution < -0.4 is 27.4 Å². The van der Waals surface area contributed by atoms with Crippen LogP contribution in [0, 0.1) is 0 Å². The zero-order chi connectivity index (χ0) is 19.4. The van der Waals surface area contributed by atoms with Crippen molar-refractivity contribution < 1.29 is 0 Å². The van der Waals surface area contributed by atoms with Crippen LogP contribution in [0.1, 0.15) is 20.8 Å². The van der Waals surface area contributed by atoms with Crippen molar-refractivity contribution >= 4 is 18.6 Å². The van der Waals surface area contributed by atoms with Gasteiger partial charge in [-0.3, -0.25) is 15.0 Å². The van der Waals surface area contributed by atoms with Crippen molar-refractivity contribution in [3.63, 3.8) is 0 Å². The maximum Gasteiger partial charge on any atom is 0.0514 e. The average molecular weight is 359 g/mol. The first-order valence-electron chi connectivity index (χ1n) is 9.17. The molecule has 0 radical (unpaired) electrons. The Labute approximate surface area is 155 Å². The minimum absolute atomic E-state index is 0.666. The van der Waals surface area contributed by atoms with Crippen LogP contribution in [0.25, 0.3) is 0 Å². The van der Waals surface area contributed by atoms with E-state index in [2.05, 4.69) is 37.9 Å². The standard InChI is InChI=1S/C12H26N6.C3H9N.C2H7N/c1-2-14-5-6-16-9-10-18-12-11-17-8-7-15-4-3-13;1-3-4-2;1-2-3/h5-6,8,15,18H,2-4,7,9-13H2,1H3;4H,3H2,1-2H3;2-3H2,1H3. The van der Waals surface area contributed by atoms with Gasteiger partial charge in [0, 0.05) is 57.9 Å². The van der Waals surface area contributed by atoms with E-state index in [1.807, 2.05) is 27.1 Å². The molecule has 150 valence electrons. The lowest BCUT2D eigenvalue weighted by Gasteiger charge is -1.99. The summed E-state index contributed by atoms with van der Waals surface area (Å²) in [5.41, 5.74) is 10.2. The van der Waals surface area contributed by atoms with Gasteiger partial charge in [0.1, 0.15) is 0 Å². The van der Waals surface area contributed by atoms with E-state index in [0.29, 0.717) is 6.54 Å². The molecule has 25 heavy (non-hydrogen) atoms. The van der Waals surface area contributed by atoms with Gasteiger partial charge in [-0.1, -0.05) is 13.8 Å². The topological polar surface area (TPSA) is 125 Å². The SMILES string of the molecule is CCN.CCN=CC=NCCNCCN=CCNCCN.CCNC. The highest BCUT2D eigenvalue weighted by Crippen LogP contribution is 1.69. The van der Waals surface area contributed by atoms with E-state index in [1.54, 1.807) is 12.4 Å². The molecule has 0 amide bonds. The lowest BCUT2D eigenvalue weighted by molar-refractivity contribution is 0.697. The molecule has 0 rings (SSSR count). The second-order valence-electron chi connectivity index (χ2n) is 4.65. The highest BCUT2D eigenvalue weighted by molar-refractivity contribution is 6.15. The summed E-state index contributed by atoms with van der Waals surface area (Å²) in [5, 5.41) is 9.34. The fourth-order valence-electron chi connectivity index (χ4n) is 1.11. The molecule has 8 nitrogen and oxygen atoms in total. The van der Waals surface area contributed by atoms with Crippen LogP contribution >= 0.6 is 0 Å². The third-order valence-electron chi connectivity index (χ3n) is 2.33. The van der Waals surface area contributed by atoms with Crippen LogP contribution in [-0.4, -0.2) is 91.1 Å². The third kappa shape index (κ3) is 45.0. The summed E-state index contributed by atoms with van der Waals surface area (Å²) in [4.78, 5) is 12.5. The van der Waals surface area contributed by atoms with Crippen molar-refractivity contribution in [3.8, 4) is 0 Å². The Morgan fingerprint density at radius 3 is 1.92 bits per heavy atom. The highest BCUT2D eigenvalue weighted by atomic mass is 14.9. The van der Waals surface area contributed by atoms with Crippen LogP contribution in [0.15, 0.2) is 15.0 Å². The largest absolute Gasteiger partial charge is 0.331 e. The van der Waals surface area contributed by atoms with Gasteiger partial charge in [0.05, 0.1) is 13.1 Å². The van der Waals surface area contributed by atoms with Crippen LogP contribution in [0.5, 0.6) is 0 Å². The Kier molecular flexibility index (Phi) is 39.1. The molecule has 0 aliphatic heterocycles. The first-order chi connectivity index (χ1) is 12.2. The number of hydrogen-bond donors (Lipinski definition) is 5. The van der Waals surface area contributed by atoms with E-state index in [1.165, 1.54) is 0 Å². The monoisotopic (exact) mass is 358 g/mol. The molecule has 0 aromatic heterocycles. The summed E-state index contributed by atoms with van der Waals surface area (Å²) < 4.78 is 0.